The number of aliphatic imine (C=N–C) groups is 1. The van der Waals surface area contributed by atoms with Crippen molar-refractivity contribution in [3.63, 3.8) is 0 Å². The van der Waals surface area contributed by atoms with Crippen LogP contribution in [0, 0.1) is 5.95 Å². The maximum atomic E-state index is 14.4. The summed E-state index contributed by atoms with van der Waals surface area (Å²) in [4.78, 5) is 19.7. The molecule has 1 saturated heterocycles. The maximum Gasteiger partial charge on any atom is 0.490 e. The summed E-state index contributed by atoms with van der Waals surface area (Å²) in [6, 6.07) is 15.2. The van der Waals surface area contributed by atoms with E-state index in [1.54, 1.807) is 12.1 Å². The fourth-order valence-corrected chi connectivity index (χ4v) is 4.63. The van der Waals surface area contributed by atoms with Crippen LogP contribution >= 0.6 is 0 Å². The summed E-state index contributed by atoms with van der Waals surface area (Å²) < 4.78 is 63.5. The molecule has 1 spiro atoms. The maximum absolute atomic E-state index is 14.4. The van der Waals surface area contributed by atoms with Gasteiger partial charge in [0.05, 0.1) is 13.2 Å². The first-order chi connectivity index (χ1) is 18.6. The van der Waals surface area contributed by atoms with Crippen LogP contribution in [0.5, 0.6) is 11.5 Å². The molecule has 3 aliphatic heterocycles. The van der Waals surface area contributed by atoms with E-state index in [-0.39, 0.29) is 12.6 Å². The van der Waals surface area contributed by atoms with E-state index in [9.17, 15) is 17.6 Å². The van der Waals surface area contributed by atoms with Crippen molar-refractivity contribution in [2.24, 2.45) is 10.7 Å². The van der Waals surface area contributed by atoms with Gasteiger partial charge in [-0.2, -0.15) is 17.6 Å². The van der Waals surface area contributed by atoms with Crippen LogP contribution in [0.25, 0.3) is 11.1 Å². The number of amidine groups is 1. The molecule has 204 valence electrons. The average Bonchev–Trinajstić information content (AvgIpc) is 3.31. The second-order valence-corrected chi connectivity index (χ2v) is 8.84. The molecule has 3 aromatic rings. The number of aliphatic carboxylic acids is 1. The summed E-state index contributed by atoms with van der Waals surface area (Å²) >= 11 is 0. The summed E-state index contributed by atoms with van der Waals surface area (Å²) in [6.07, 6.45) is -3.65. The average molecular weight is 546 g/mol. The summed E-state index contributed by atoms with van der Waals surface area (Å²) in [5.74, 6) is -1.94. The van der Waals surface area contributed by atoms with Gasteiger partial charge >= 0.3 is 12.1 Å². The zero-order valence-corrected chi connectivity index (χ0v) is 20.2. The molecule has 0 amide bonds. The number of morpholine rings is 1. The highest BCUT2D eigenvalue weighted by Crippen LogP contribution is 2.52. The Labute approximate surface area is 219 Å². The standard InChI is InChI=1S/C24H21FN4O3.C2HF3O2/c25-22-17(2-1-7-27-22)15-3-5-20-18(12-15)24(14-31-23(26)28-24)19-13-16(4-6-21(19)32-20)29-8-10-30-11-9-29;3-2(4,5)1(6)7/h1-7,12-13H,8-11,14H2,(H2,26,28);(H,6,7)/t24-;/m0./s1. The molecule has 2 aromatic carbocycles. The predicted molar refractivity (Wildman–Crippen MR) is 131 cm³/mol. The third kappa shape index (κ3) is 5.04. The highest BCUT2D eigenvalue weighted by atomic mass is 19.4. The molecule has 3 aliphatic rings. The Morgan fingerprint density at radius 1 is 1.05 bits per heavy atom. The molecule has 1 fully saturated rings. The molecule has 6 rings (SSSR count). The van der Waals surface area contributed by atoms with Gasteiger partial charge in [0, 0.05) is 41.7 Å². The normalized spacial score (nSPS) is 19.6. The fraction of sp³-hybridized carbons (Fsp3) is 0.269. The van der Waals surface area contributed by atoms with E-state index < -0.39 is 23.6 Å². The number of rotatable bonds is 2. The number of nitrogens with zero attached hydrogens (tertiary/aromatic N) is 3. The number of nitrogens with two attached hydrogens (primary N) is 1. The number of carboxylic acid groups (broad SMARTS) is 1. The van der Waals surface area contributed by atoms with Crippen LogP contribution in [-0.2, 0) is 19.8 Å². The van der Waals surface area contributed by atoms with Crippen LogP contribution in [0.1, 0.15) is 11.1 Å². The number of carbonyl (C=O) groups is 1. The lowest BCUT2D eigenvalue weighted by Gasteiger charge is -2.35. The smallest absolute Gasteiger partial charge is 0.475 e. The van der Waals surface area contributed by atoms with E-state index in [1.807, 2.05) is 30.3 Å². The van der Waals surface area contributed by atoms with Crippen LogP contribution in [0.4, 0.5) is 23.2 Å². The van der Waals surface area contributed by atoms with Crippen molar-refractivity contribution >= 4 is 17.7 Å². The number of halogens is 4. The van der Waals surface area contributed by atoms with Gasteiger partial charge in [-0.25, -0.2) is 14.8 Å². The Hall–Kier alpha value is -4.39. The van der Waals surface area contributed by atoms with E-state index in [4.69, 9.17) is 34.8 Å². The minimum absolute atomic E-state index is 0.124. The Balaban J connectivity index is 0.000000392. The lowest BCUT2D eigenvalue weighted by molar-refractivity contribution is -0.192. The van der Waals surface area contributed by atoms with Gasteiger partial charge in [0.25, 0.3) is 6.02 Å². The molecule has 3 N–H and O–H groups in total. The Morgan fingerprint density at radius 3 is 2.33 bits per heavy atom. The lowest BCUT2D eigenvalue weighted by atomic mass is 9.80. The summed E-state index contributed by atoms with van der Waals surface area (Å²) in [6.45, 7) is 3.25. The number of benzene rings is 2. The van der Waals surface area contributed by atoms with Gasteiger partial charge < -0.3 is 30.0 Å². The van der Waals surface area contributed by atoms with Crippen molar-refractivity contribution < 1.29 is 41.7 Å². The molecule has 1 atom stereocenters. The van der Waals surface area contributed by atoms with Crippen molar-refractivity contribution in [2.45, 2.75) is 11.7 Å². The van der Waals surface area contributed by atoms with Gasteiger partial charge in [-0.15, -0.1) is 0 Å². The number of alkyl halides is 3. The zero-order valence-electron chi connectivity index (χ0n) is 20.2. The van der Waals surface area contributed by atoms with E-state index in [1.165, 1.54) is 6.20 Å². The molecular formula is C26H22F4N4O5. The number of pyridine rings is 1. The number of ether oxygens (including phenoxy) is 3. The molecule has 1 aromatic heterocycles. The van der Waals surface area contributed by atoms with Crippen molar-refractivity contribution in [2.75, 3.05) is 37.8 Å². The Kier molecular flexibility index (Phi) is 6.76. The molecule has 13 heteroatoms. The molecule has 0 aliphatic carbocycles. The van der Waals surface area contributed by atoms with E-state index in [0.717, 1.165) is 29.9 Å². The molecule has 9 nitrogen and oxygen atoms in total. The van der Waals surface area contributed by atoms with Crippen molar-refractivity contribution in [3.8, 4) is 22.6 Å². The monoisotopic (exact) mass is 546 g/mol. The van der Waals surface area contributed by atoms with E-state index >= 15 is 0 Å². The van der Waals surface area contributed by atoms with Crippen LogP contribution in [0.15, 0.2) is 59.7 Å². The van der Waals surface area contributed by atoms with Gasteiger partial charge in [-0.3, -0.25) is 0 Å². The highest BCUT2D eigenvalue weighted by molar-refractivity contribution is 5.78. The first kappa shape index (κ1) is 26.2. The minimum atomic E-state index is -5.08. The van der Waals surface area contributed by atoms with Crippen molar-refractivity contribution in [1.29, 1.82) is 0 Å². The van der Waals surface area contributed by atoms with Crippen LogP contribution in [0.3, 0.4) is 0 Å². The molecule has 0 radical (unpaired) electrons. The third-order valence-electron chi connectivity index (χ3n) is 6.47. The first-order valence-corrected chi connectivity index (χ1v) is 11.8. The fourth-order valence-electron chi connectivity index (χ4n) is 4.63. The number of carboxylic acids is 1. The molecule has 4 heterocycles. The van der Waals surface area contributed by atoms with Gasteiger partial charge in [0.1, 0.15) is 18.1 Å². The van der Waals surface area contributed by atoms with Gasteiger partial charge in [-0.05, 0) is 48.0 Å². The summed E-state index contributed by atoms with van der Waals surface area (Å²) in [5, 5.41) is 7.12. The molecule has 0 saturated carbocycles. The lowest BCUT2D eigenvalue weighted by Crippen LogP contribution is -2.37. The molecule has 39 heavy (non-hydrogen) atoms. The first-order valence-electron chi connectivity index (χ1n) is 11.8. The second kappa shape index (κ2) is 10.1. The predicted octanol–water partition coefficient (Wildman–Crippen LogP) is 4.05. The van der Waals surface area contributed by atoms with Gasteiger partial charge in [0.15, 0.2) is 5.54 Å². The molecule has 0 unspecified atom stereocenters. The molecule has 0 bridgehead atoms. The number of fused-ring (bicyclic) bond motifs is 4. The number of anilines is 1. The number of hydrogen-bond acceptors (Lipinski definition) is 8. The van der Waals surface area contributed by atoms with Crippen molar-refractivity contribution in [3.05, 3.63) is 71.8 Å². The van der Waals surface area contributed by atoms with Gasteiger partial charge in [0.2, 0.25) is 5.95 Å². The number of hydrogen-bond donors (Lipinski definition) is 2. The van der Waals surface area contributed by atoms with Crippen LogP contribution < -0.4 is 15.4 Å². The Bertz CT molecular complexity index is 1440. The Morgan fingerprint density at radius 2 is 1.72 bits per heavy atom. The van der Waals surface area contributed by atoms with Crippen LogP contribution in [0.2, 0.25) is 0 Å². The van der Waals surface area contributed by atoms with E-state index in [0.29, 0.717) is 35.8 Å². The zero-order chi connectivity index (χ0) is 27.8. The second-order valence-electron chi connectivity index (χ2n) is 8.84. The minimum Gasteiger partial charge on any atom is -0.475 e. The quantitative estimate of drug-likeness (QED) is 0.365. The largest absolute Gasteiger partial charge is 0.490 e. The number of aromatic nitrogens is 1. The van der Waals surface area contributed by atoms with E-state index in [2.05, 4.69) is 16.0 Å². The topological polar surface area (TPSA) is 120 Å². The third-order valence-corrected chi connectivity index (χ3v) is 6.47. The summed E-state index contributed by atoms with van der Waals surface area (Å²) in [7, 11) is 0. The van der Waals surface area contributed by atoms with Crippen molar-refractivity contribution in [1.82, 2.24) is 4.98 Å². The highest BCUT2D eigenvalue weighted by Gasteiger charge is 2.47. The van der Waals surface area contributed by atoms with Gasteiger partial charge in [-0.1, -0.05) is 6.07 Å². The summed E-state index contributed by atoms with van der Waals surface area (Å²) in [5.41, 5.74) is 8.94. The van der Waals surface area contributed by atoms with Crippen LogP contribution in [-0.4, -0.2) is 61.2 Å². The SMILES string of the molecule is NC1=N[C@@]2(CO1)c1cc(-c3cccnc3F)ccc1Oc1ccc(N3CCOCC3)cc12.O=C(O)C(F)(F)F. The molecular weight excluding hydrogens is 524 g/mol.